The molecule has 2 amide bonds. The van der Waals surface area contributed by atoms with Crippen LogP contribution in [0.25, 0.3) is 0 Å². The van der Waals surface area contributed by atoms with Crippen molar-refractivity contribution in [2.24, 2.45) is 0 Å². The molecule has 0 saturated carbocycles. The molecule has 0 radical (unpaired) electrons. The molecule has 0 aromatic heterocycles. The summed E-state index contributed by atoms with van der Waals surface area (Å²) >= 11 is 5.95. The van der Waals surface area contributed by atoms with E-state index in [9.17, 15) is 9.59 Å². The number of hydrogen-bond acceptors (Lipinski definition) is 3. The van der Waals surface area contributed by atoms with Gasteiger partial charge >= 0.3 is 0 Å². The van der Waals surface area contributed by atoms with Gasteiger partial charge in [-0.15, -0.1) is 0 Å². The van der Waals surface area contributed by atoms with Crippen molar-refractivity contribution < 1.29 is 9.59 Å². The number of halogens is 1. The van der Waals surface area contributed by atoms with Crippen LogP contribution < -0.4 is 10.6 Å². The second-order valence-electron chi connectivity index (χ2n) is 5.23. The summed E-state index contributed by atoms with van der Waals surface area (Å²) in [5, 5.41) is 14.6. The summed E-state index contributed by atoms with van der Waals surface area (Å²) in [7, 11) is 0. The minimum Gasteiger partial charge on any atom is -0.325 e. The van der Waals surface area contributed by atoms with E-state index >= 15 is 0 Å². The summed E-state index contributed by atoms with van der Waals surface area (Å²) in [6.07, 6.45) is 0.825. The molecule has 24 heavy (non-hydrogen) atoms. The van der Waals surface area contributed by atoms with Gasteiger partial charge in [0.25, 0.3) is 0 Å². The van der Waals surface area contributed by atoms with Gasteiger partial charge in [0.1, 0.15) is 0 Å². The Morgan fingerprint density at radius 1 is 1.08 bits per heavy atom. The zero-order valence-corrected chi connectivity index (χ0v) is 13.9. The lowest BCUT2D eigenvalue weighted by atomic mass is 10.1. The Hall–Kier alpha value is -2.84. The van der Waals surface area contributed by atoms with Crippen molar-refractivity contribution in [1.82, 2.24) is 0 Å². The molecule has 122 valence electrons. The van der Waals surface area contributed by atoms with E-state index in [1.165, 1.54) is 6.92 Å². The van der Waals surface area contributed by atoms with Crippen molar-refractivity contribution in [3.05, 3.63) is 58.6 Å². The van der Waals surface area contributed by atoms with E-state index in [1.807, 2.05) is 12.1 Å². The van der Waals surface area contributed by atoms with Crippen LogP contribution in [0.1, 0.15) is 24.5 Å². The number of benzene rings is 2. The molecule has 0 atom stereocenters. The van der Waals surface area contributed by atoms with Crippen LogP contribution >= 0.6 is 11.6 Å². The average Bonchev–Trinajstić information content (AvgIpc) is 2.55. The lowest BCUT2D eigenvalue weighted by Crippen LogP contribution is -2.15. The molecule has 2 aromatic rings. The van der Waals surface area contributed by atoms with Gasteiger partial charge < -0.3 is 10.6 Å². The van der Waals surface area contributed by atoms with Gasteiger partial charge in [-0.1, -0.05) is 23.7 Å². The average molecular weight is 342 g/mol. The molecule has 0 spiro atoms. The molecule has 0 aliphatic heterocycles. The molecule has 6 heteroatoms. The number of aryl methyl sites for hydroxylation is 1. The Bertz CT molecular complexity index is 795. The normalized spacial score (nSPS) is 9.88. The van der Waals surface area contributed by atoms with Gasteiger partial charge in [0.2, 0.25) is 11.8 Å². The van der Waals surface area contributed by atoms with E-state index in [0.29, 0.717) is 28.4 Å². The van der Waals surface area contributed by atoms with Gasteiger partial charge in [0.05, 0.1) is 23.0 Å². The molecule has 0 heterocycles. The van der Waals surface area contributed by atoms with Gasteiger partial charge in [-0.3, -0.25) is 9.59 Å². The highest BCUT2D eigenvalue weighted by atomic mass is 35.5. The Labute approximate surface area is 145 Å². The van der Waals surface area contributed by atoms with Gasteiger partial charge in [0, 0.05) is 18.4 Å². The molecule has 0 aliphatic carbocycles. The SMILES string of the molecule is CC(=O)Nc1ccc(Cl)cc1NC(=O)CCc1ccc(C#N)cc1. The lowest BCUT2D eigenvalue weighted by molar-refractivity contribution is -0.116. The highest BCUT2D eigenvalue weighted by molar-refractivity contribution is 6.31. The van der Waals surface area contributed by atoms with Crippen LogP contribution in [-0.2, 0) is 16.0 Å². The van der Waals surface area contributed by atoms with E-state index in [0.717, 1.165) is 5.56 Å². The van der Waals surface area contributed by atoms with Gasteiger partial charge in [-0.25, -0.2) is 0 Å². The maximum atomic E-state index is 12.1. The van der Waals surface area contributed by atoms with Gasteiger partial charge in [0.15, 0.2) is 0 Å². The fourth-order valence-corrected chi connectivity index (χ4v) is 2.31. The first-order valence-electron chi connectivity index (χ1n) is 7.34. The lowest BCUT2D eigenvalue weighted by Gasteiger charge is -2.12. The summed E-state index contributed by atoms with van der Waals surface area (Å²) in [6, 6.07) is 14.0. The van der Waals surface area contributed by atoms with Crippen molar-refractivity contribution in [1.29, 1.82) is 5.26 Å². The van der Waals surface area contributed by atoms with Gasteiger partial charge in [-0.05, 0) is 42.3 Å². The van der Waals surface area contributed by atoms with Crippen LogP contribution in [0.15, 0.2) is 42.5 Å². The van der Waals surface area contributed by atoms with Crippen LogP contribution in [0, 0.1) is 11.3 Å². The third-order valence-corrected chi connectivity index (χ3v) is 3.53. The van der Waals surface area contributed by atoms with Crippen molar-refractivity contribution >= 4 is 34.8 Å². The Kier molecular flexibility index (Phi) is 5.94. The fraction of sp³-hybridized carbons (Fsp3) is 0.167. The molecule has 0 bridgehead atoms. The summed E-state index contributed by atoms with van der Waals surface area (Å²) < 4.78 is 0. The predicted octanol–water partition coefficient (Wildman–Crippen LogP) is 3.74. The monoisotopic (exact) mass is 341 g/mol. The third-order valence-electron chi connectivity index (χ3n) is 3.29. The van der Waals surface area contributed by atoms with Crippen LogP contribution in [0.3, 0.4) is 0 Å². The van der Waals surface area contributed by atoms with Crippen molar-refractivity contribution in [2.45, 2.75) is 19.8 Å². The number of anilines is 2. The summed E-state index contributed by atoms with van der Waals surface area (Å²) in [5.74, 6) is -0.418. The molecule has 2 aromatic carbocycles. The zero-order chi connectivity index (χ0) is 17.5. The topological polar surface area (TPSA) is 82.0 Å². The van der Waals surface area contributed by atoms with Crippen LogP contribution in [-0.4, -0.2) is 11.8 Å². The molecule has 0 unspecified atom stereocenters. The summed E-state index contributed by atoms with van der Waals surface area (Å²) in [4.78, 5) is 23.4. The molecular formula is C18H16ClN3O2. The molecule has 0 fully saturated rings. The molecule has 0 saturated heterocycles. The predicted molar refractivity (Wildman–Crippen MR) is 93.9 cm³/mol. The number of nitrogens with one attached hydrogen (secondary N) is 2. The van der Waals surface area contributed by atoms with Crippen molar-refractivity contribution in [3.63, 3.8) is 0 Å². The molecule has 2 rings (SSSR count). The number of nitrogens with zero attached hydrogens (tertiary/aromatic N) is 1. The summed E-state index contributed by atoms with van der Waals surface area (Å²) in [5.41, 5.74) is 2.51. The quantitative estimate of drug-likeness (QED) is 0.869. The number of carbonyl (C=O) groups excluding carboxylic acids is 2. The maximum absolute atomic E-state index is 12.1. The highest BCUT2D eigenvalue weighted by Gasteiger charge is 2.09. The van der Waals surface area contributed by atoms with E-state index in [-0.39, 0.29) is 18.2 Å². The third kappa shape index (κ3) is 5.11. The number of carbonyl (C=O) groups is 2. The largest absolute Gasteiger partial charge is 0.325 e. The second-order valence-corrected chi connectivity index (χ2v) is 5.66. The zero-order valence-electron chi connectivity index (χ0n) is 13.1. The molecule has 5 nitrogen and oxygen atoms in total. The first-order valence-corrected chi connectivity index (χ1v) is 7.72. The number of nitriles is 1. The number of hydrogen-bond donors (Lipinski definition) is 2. The van der Waals surface area contributed by atoms with Crippen molar-refractivity contribution in [3.8, 4) is 6.07 Å². The van der Waals surface area contributed by atoms with E-state index < -0.39 is 0 Å². The highest BCUT2D eigenvalue weighted by Crippen LogP contribution is 2.26. The van der Waals surface area contributed by atoms with Crippen molar-refractivity contribution in [2.75, 3.05) is 10.6 Å². The van der Waals surface area contributed by atoms with Gasteiger partial charge in [-0.2, -0.15) is 5.26 Å². The smallest absolute Gasteiger partial charge is 0.224 e. The van der Waals surface area contributed by atoms with E-state index in [2.05, 4.69) is 16.7 Å². The Morgan fingerprint density at radius 3 is 2.42 bits per heavy atom. The van der Waals surface area contributed by atoms with Crippen LogP contribution in [0.4, 0.5) is 11.4 Å². The van der Waals surface area contributed by atoms with Crippen LogP contribution in [0.2, 0.25) is 5.02 Å². The number of amides is 2. The molecule has 2 N–H and O–H groups in total. The summed E-state index contributed by atoms with van der Waals surface area (Å²) in [6.45, 7) is 1.39. The Balaban J connectivity index is 2.00. The Morgan fingerprint density at radius 2 is 1.79 bits per heavy atom. The number of rotatable bonds is 5. The minimum atomic E-state index is -0.231. The van der Waals surface area contributed by atoms with Crippen LogP contribution in [0.5, 0.6) is 0 Å². The molecule has 0 aliphatic rings. The second kappa shape index (κ2) is 8.14. The first kappa shape index (κ1) is 17.5. The van der Waals surface area contributed by atoms with E-state index in [4.69, 9.17) is 16.9 Å². The fourth-order valence-electron chi connectivity index (χ4n) is 2.14. The first-order chi connectivity index (χ1) is 11.5. The standard InChI is InChI=1S/C18H16ClN3O2/c1-12(23)21-16-8-7-15(19)10-17(16)22-18(24)9-6-13-2-4-14(11-20)5-3-13/h2-5,7-8,10H,6,9H2,1H3,(H,21,23)(H,22,24). The molecular weight excluding hydrogens is 326 g/mol. The van der Waals surface area contributed by atoms with E-state index in [1.54, 1.807) is 30.3 Å². The maximum Gasteiger partial charge on any atom is 0.224 e. The minimum absolute atomic E-state index is 0.187.